The third-order valence-electron chi connectivity index (χ3n) is 5.23. The molecule has 0 aliphatic carbocycles. The van der Waals surface area contributed by atoms with Crippen LogP contribution in [0.2, 0.25) is 0 Å². The summed E-state index contributed by atoms with van der Waals surface area (Å²) in [4.78, 5) is 12.7. The van der Waals surface area contributed by atoms with Crippen molar-refractivity contribution in [3.8, 4) is 28.8 Å². The van der Waals surface area contributed by atoms with Crippen LogP contribution in [0.25, 0.3) is 11.3 Å². The van der Waals surface area contributed by atoms with E-state index in [1.807, 2.05) is 13.0 Å². The highest BCUT2D eigenvalue weighted by Gasteiger charge is 2.24. The van der Waals surface area contributed by atoms with Gasteiger partial charge in [0, 0.05) is 23.7 Å². The Balaban J connectivity index is 1.74. The second kappa shape index (κ2) is 7.66. The van der Waals surface area contributed by atoms with E-state index < -0.39 is 0 Å². The van der Waals surface area contributed by atoms with E-state index in [4.69, 9.17) is 18.9 Å². The first kappa shape index (κ1) is 18.5. The minimum Gasteiger partial charge on any atom is -0.495 e. The number of nitrogens with zero attached hydrogens (tertiary/aromatic N) is 2. The van der Waals surface area contributed by atoms with E-state index >= 15 is 0 Å². The molecule has 1 saturated heterocycles. The van der Waals surface area contributed by atoms with Crippen LogP contribution in [-0.2, 0) is 22.4 Å². The van der Waals surface area contributed by atoms with Crippen LogP contribution in [-0.4, -0.2) is 44.2 Å². The highest BCUT2D eigenvalue weighted by Crippen LogP contribution is 2.37. The molecule has 1 aromatic heterocycles. The van der Waals surface area contributed by atoms with Crippen LogP contribution in [0.1, 0.15) is 16.7 Å². The van der Waals surface area contributed by atoms with Crippen molar-refractivity contribution >= 4 is 0 Å². The Labute approximate surface area is 163 Å². The van der Waals surface area contributed by atoms with Crippen molar-refractivity contribution in [1.82, 2.24) is 4.57 Å². The molecule has 1 aromatic carbocycles. The van der Waals surface area contributed by atoms with Gasteiger partial charge in [-0.2, -0.15) is 5.26 Å². The first-order chi connectivity index (χ1) is 13.6. The number of aryl methyl sites for hydroxylation is 1. The molecular weight excluding hydrogens is 360 g/mol. The summed E-state index contributed by atoms with van der Waals surface area (Å²) < 4.78 is 24.0. The molecule has 2 aromatic rings. The van der Waals surface area contributed by atoms with Crippen LogP contribution in [0, 0.1) is 18.3 Å². The first-order valence-corrected chi connectivity index (χ1v) is 9.30. The van der Waals surface area contributed by atoms with Crippen LogP contribution >= 0.6 is 0 Å². The van der Waals surface area contributed by atoms with E-state index in [-0.39, 0.29) is 11.7 Å². The predicted molar refractivity (Wildman–Crippen MR) is 102 cm³/mol. The number of benzene rings is 1. The van der Waals surface area contributed by atoms with E-state index in [1.54, 1.807) is 17.7 Å². The van der Waals surface area contributed by atoms with E-state index in [2.05, 4.69) is 6.07 Å². The van der Waals surface area contributed by atoms with Gasteiger partial charge in [-0.3, -0.25) is 4.79 Å². The summed E-state index contributed by atoms with van der Waals surface area (Å²) in [6.07, 6.45) is 0.561. The quantitative estimate of drug-likeness (QED) is 0.805. The maximum atomic E-state index is 12.7. The van der Waals surface area contributed by atoms with Crippen molar-refractivity contribution in [2.24, 2.45) is 0 Å². The topological polar surface area (TPSA) is 82.7 Å². The third-order valence-corrected chi connectivity index (χ3v) is 5.23. The smallest absolute Gasteiger partial charge is 0.254 e. The molecule has 1 fully saturated rings. The van der Waals surface area contributed by atoms with Crippen molar-refractivity contribution in [2.75, 3.05) is 33.5 Å². The molecule has 2 aliphatic rings. The number of fused-ring (bicyclic) bond motifs is 3. The molecule has 28 heavy (non-hydrogen) atoms. The van der Waals surface area contributed by atoms with Gasteiger partial charge in [0.05, 0.1) is 38.2 Å². The summed E-state index contributed by atoms with van der Waals surface area (Å²) in [6.45, 7) is 4.46. The standard InChI is InChI=1S/C21H22N2O5/c1-13-18(28-12-16-11-26-5-6-27-16)9-20(24)23-4-3-14-8-19(25-2)15(10-22)7-17(14)21(13)23/h7-9,16H,3-6,11-12H2,1-2H3/t16-/m0/s1. The zero-order chi connectivity index (χ0) is 19.7. The first-order valence-electron chi connectivity index (χ1n) is 9.30. The number of ether oxygens (including phenoxy) is 4. The average molecular weight is 382 g/mol. The summed E-state index contributed by atoms with van der Waals surface area (Å²) in [5.41, 5.74) is 3.92. The van der Waals surface area contributed by atoms with Crippen LogP contribution in [0.5, 0.6) is 11.5 Å². The lowest BCUT2D eigenvalue weighted by molar-refractivity contribution is -0.101. The number of rotatable bonds is 4. The van der Waals surface area contributed by atoms with Gasteiger partial charge in [-0.05, 0) is 31.0 Å². The number of aromatic nitrogens is 1. The predicted octanol–water partition coefficient (Wildman–Crippen LogP) is 2.05. The molecule has 0 radical (unpaired) electrons. The van der Waals surface area contributed by atoms with Crippen molar-refractivity contribution in [1.29, 1.82) is 5.26 Å². The fraction of sp³-hybridized carbons (Fsp3) is 0.429. The van der Waals surface area contributed by atoms with Gasteiger partial charge >= 0.3 is 0 Å². The maximum absolute atomic E-state index is 12.7. The fourth-order valence-electron chi connectivity index (χ4n) is 3.80. The monoisotopic (exact) mass is 382 g/mol. The van der Waals surface area contributed by atoms with Gasteiger partial charge in [0.25, 0.3) is 5.56 Å². The van der Waals surface area contributed by atoms with Crippen LogP contribution in [0.3, 0.4) is 0 Å². The molecule has 0 unspecified atom stereocenters. The molecular formula is C21H22N2O5. The number of methoxy groups -OCH3 is 1. The number of hydrogen-bond donors (Lipinski definition) is 0. The molecule has 0 N–H and O–H groups in total. The second-order valence-electron chi connectivity index (χ2n) is 6.92. The van der Waals surface area contributed by atoms with Gasteiger partial charge in [-0.1, -0.05) is 0 Å². The Hall–Kier alpha value is -2.82. The molecule has 146 valence electrons. The van der Waals surface area contributed by atoms with E-state index in [0.29, 0.717) is 56.5 Å². The summed E-state index contributed by atoms with van der Waals surface area (Å²) >= 11 is 0. The zero-order valence-corrected chi connectivity index (χ0v) is 16.0. The van der Waals surface area contributed by atoms with E-state index in [9.17, 15) is 10.1 Å². The SMILES string of the molecule is COc1cc2c(cc1C#N)-c1c(C)c(OC[C@@H]3COCCO3)cc(=O)n1CC2. The summed E-state index contributed by atoms with van der Waals surface area (Å²) in [5.74, 6) is 1.09. The lowest BCUT2D eigenvalue weighted by Crippen LogP contribution is -2.34. The van der Waals surface area contributed by atoms with E-state index in [0.717, 1.165) is 22.4 Å². The van der Waals surface area contributed by atoms with Gasteiger partial charge in [0.2, 0.25) is 0 Å². The number of hydrogen-bond acceptors (Lipinski definition) is 6. The zero-order valence-electron chi connectivity index (χ0n) is 16.0. The lowest BCUT2D eigenvalue weighted by Gasteiger charge is -2.27. The summed E-state index contributed by atoms with van der Waals surface area (Å²) in [6, 6.07) is 7.39. The van der Waals surface area contributed by atoms with Gasteiger partial charge in [0.15, 0.2) is 0 Å². The van der Waals surface area contributed by atoms with Crippen molar-refractivity contribution in [3.63, 3.8) is 0 Å². The number of pyridine rings is 1. The molecule has 2 aliphatic heterocycles. The third kappa shape index (κ3) is 3.26. The fourth-order valence-corrected chi connectivity index (χ4v) is 3.80. The van der Waals surface area contributed by atoms with Crippen molar-refractivity contribution in [3.05, 3.63) is 45.2 Å². The molecule has 0 amide bonds. The highest BCUT2D eigenvalue weighted by atomic mass is 16.6. The largest absolute Gasteiger partial charge is 0.495 e. The molecule has 7 nitrogen and oxygen atoms in total. The minimum absolute atomic E-state index is 0.114. The van der Waals surface area contributed by atoms with Gasteiger partial charge in [0.1, 0.15) is 30.3 Å². The second-order valence-corrected chi connectivity index (χ2v) is 6.92. The number of nitriles is 1. The van der Waals surface area contributed by atoms with Crippen LogP contribution in [0.15, 0.2) is 23.0 Å². The Kier molecular flexibility index (Phi) is 5.07. The minimum atomic E-state index is -0.145. The molecule has 1 atom stereocenters. The average Bonchev–Trinajstić information content (AvgIpc) is 2.74. The Morgan fingerprint density at radius 1 is 1.29 bits per heavy atom. The van der Waals surface area contributed by atoms with Gasteiger partial charge < -0.3 is 23.5 Å². The molecule has 0 spiro atoms. The van der Waals surface area contributed by atoms with Crippen molar-refractivity contribution in [2.45, 2.75) is 26.0 Å². The van der Waals surface area contributed by atoms with E-state index in [1.165, 1.54) is 6.07 Å². The Morgan fingerprint density at radius 2 is 2.14 bits per heavy atom. The molecule has 7 heteroatoms. The maximum Gasteiger partial charge on any atom is 0.254 e. The summed E-state index contributed by atoms with van der Waals surface area (Å²) in [5, 5.41) is 9.46. The molecule has 0 bridgehead atoms. The molecule has 3 heterocycles. The van der Waals surface area contributed by atoms with Crippen molar-refractivity contribution < 1.29 is 18.9 Å². The highest BCUT2D eigenvalue weighted by molar-refractivity contribution is 5.74. The van der Waals surface area contributed by atoms with Crippen LogP contribution in [0.4, 0.5) is 0 Å². The normalized spacial score (nSPS) is 18.0. The van der Waals surface area contributed by atoms with Crippen LogP contribution < -0.4 is 15.0 Å². The summed E-state index contributed by atoms with van der Waals surface area (Å²) in [7, 11) is 1.55. The van der Waals surface area contributed by atoms with Gasteiger partial charge in [-0.15, -0.1) is 0 Å². The van der Waals surface area contributed by atoms with Gasteiger partial charge in [-0.25, -0.2) is 0 Å². The molecule has 0 saturated carbocycles. The lowest BCUT2D eigenvalue weighted by atomic mass is 9.92. The molecule has 4 rings (SSSR count). The Bertz CT molecular complexity index is 999. The Morgan fingerprint density at radius 3 is 2.86 bits per heavy atom.